The second-order valence-electron chi connectivity index (χ2n) is 5.19. The minimum atomic E-state index is -0.500. The summed E-state index contributed by atoms with van der Waals surface area (Å²) in [6.07, 6.45) is 0. The van der Waals surface area contributed by atoms with Gasteiger partial charge in [0.2, 0.25) is 0 Å². The lowest BCUT2D eigenvalue weighted by atomic mass is 10.3. The van der Waals surface area contributed by atoms with Crippen molar-refractivity contribution >= 4 is 88.1 Å². The van der Waals surface area contributed by atoms with Crippen molar-refractivity contribution in [3.05, 3.63) is 31.6 Å². The highest BCUT2D eigenvalue weighted by atomic mass is 33.1. The molecule has 0 radical (unpaired) electrons. The third-order valence-corrected chi connectivity index (χ3v) is 9.18. The normalized spacial score (nSPS) is 13.3. The molecule has 0 N–H and O–H groups in total. The predicted molar refractivity (Wildman–Crippen MR) is 119 cm³/mol. The van der Waals surface area contributed by atoms with E-state index in [2.05, 4.69) is 17.5 Å². The molecular weight excluding hydrogens is 523 g/mol. The van der Waals surface area contributed by atoms with Crippen LogP contribution in [0.15, 0.2) is 8.80 Å². The predicted octanol–water partition coefficient (Wildman–Crippen LogP) is 5.06. The van der Waals surface area contributed by atoms with E-state index >= 15 is 0 Å². The number of hydrogen-bond acceptors (Lipinski definition) is 12. The summed E-state index contributed by atoms with van der Waals surface area (Å²) >= 11 is 10.4. The minimum absolute atomic E-state index is 0.0190. The van der Waals surface area contributed by atoms with Crippen molar-refractivity contribution in [1.82, 2.24) is 17.9 Å². The fourth-order valence-corrected chi connectivity index (χ4v) is 8.08. The van der Waals surface area contributed by atoms with Crippen LogP contribution in [0.4, 0.5) is 8.78 Å². The maximum Gasteiger partial charge on any atom is 0.169 e. The van der Waals surface area contributed by atoms with E-state index in [4.69, 9.17) is 24.4 Å². The Morgan fingerprint density at radius 2 is 1.21 bits per heavy atom. The molecule has 0 aromatic carbocycles. The van der Waals surface area contributed by atoms with Gasteiger partial charge >= 0.3 is 0 Å². The molecule has 28 heavy (non-hydrogen) atoms. The molecular formula is C12H6F2N6S8. The number of fused-ring (bicyclic) bond motifs is 2. The largest absolute Gasteiger partial charge is 0.310 e. The van der Waals surface area contributed by atoms with Crippen molar-refractivity contribution in [2.24, 2.45) is 22.9 Å². The van der Waals surface area contributed by atoms with E-state index in [9.17, 15) is 8.78 Å². The standard InChI is InChI=1S/C12H6F2N6S8/c1-19-9(5(21)3(13)7-11(19)17-25-23-7)15-27-28-16-10-6(22)4(14)8-12(20(10)2)18-26-24-8/h1-2H3/b15-9+,16-10+. The van der Waals surface area contributed by atoms with E-state index in [1.165, 1.54) is 41.8 Å². The van der Waals surface area contributed by atoms with Gasteiger partial charge in [-0.15, -0.1) is 0 Å². The number of pyridine rings is 2. The van der Waals surface area contributed by atoms with Crippen LogP contribution in [0.3, 0.4) is 0 Å². The minimum Gasteiger partial charge on any atom is -0.310 e. The Morgan fingerprint density at radius 1 is 0.821 bits per heavy atom. The first-order valence-corrected chi connectivity index (χ1v) is 14.2. The highest BCUT2D eigenvalue weighted by Gasteiger charge is 2.19. The lowest BCUT2D eigenvalue weighted by Crippen LogP contribution is -2.22. The zero-order chi connectivity index (χ0) is 20.0. The lowest BCUT2D eigenvalue weighted by molar-refractivity contribution is 0.615. The van der Waals surface area contributed by atoms with E-state index in [-0.39, 0.29) is 20.0 Å². The highest BCUT2D eigenvalue weighted by molar-refractivity contribution is 8.75. The van der Waals surface area contributed by atoms with Gasteiger partial charge in [0.1, 0.15) is 18.8 Å². The Balaban J connectivity index is 1.74. The Hall–Kier alpha value is -0.620. The van der Waals surface area contributed by atoms with Crippen molar-refractivity contribution in [3.63, 3.8) is 0 Å². The fraction of sp³-hybridized carbons (Fsp3) is 0.167. The van der Waals surface area contributed by atoms with Gasteiger partial charge in [-0.25, -0.2) is 8.78 Å². The van der Waals surface area contributed by atoms with Crippen LogP contribution < -0.4 is 11.0 Å². The van der Waals surface area contributed by atoms with Crippen LogP contribution in [0.1, 0.15) is 0 Å². The van der Waals surface area contributed by atoms with E-state index in [0.717, 1.165) is 22.0 Å². The Labute approximate surface area is 189 Å². The second kappa shape index (κ2) is 8.25. The van der Waals surface area contributed by atoms with Gasteiger partial charge in [0.25, 0.3) is 0 Å². The van der Waals surface area contributed by atoms with Crippen LogP contribution >= 0.6 is 88.1 Å². The molecule has 0 amide bonds. The molecule has 4 aliphatic rings. The molecule has 6 nitrogen and oxygen atoms in total. The molecule has 0 fully saturated rings. The molecule has 4 aliphatic heterocycles. The number of hydrogen-bond donors (Lipinski definition) is 0. The molecule has 0 spiro atoms. The van der Waals surface area contributed by atoms with Crippen LogP contribution in [-0.4, -0.2) is 17.9 Å². The molecule has 4 rings (SSSR count). The highest BCUT2D eigenvalue weighted by Crippen LogP contribution is 2.31. The number of aromatic nitrogens is 4. The topological polar surface area (TPSA) is 60.4 Å². The monoisotopic (exact) mass is 528 g/mol. The molecule has 0 aromatic rings. The van der Waals surface area contributed by atoms with Crippen molar-refractivity contribution in [3.8, 4) is 21.4 Å². The van der Waals surface area contributed by atoms with Crippen LogP contribution in [0.2, 0.25) is 0 Å². The molecule has 0 atom stereocenters. The van der Waals surface area contributed by atoms with E-state index < -0.39 is 11.6 Å². The van der Waals surface area contributed by atoms with Crippen LogP contribution in [-0.2, 0) is 14.1 Å². The zero-order valence-electron chi connectivity index (χ0n) is 13.7. The first kappa shape index (κ1) is 20.6. The molecule has 0 aliphatic carbocycles. The average Bonchev–Trinajstić information content (AvgIpc) is 3.36. The van der Waals surface area contributed by atoms with Gasteiger partial charge in [-0.3, -0.25) is 0 Å². The van der Waals surface area contributed by atoms with Crippen molar-refractivity contribution in [2.75, 3.05) is 0 Å². The summed E-state index contributed by atoms with van der Waals surface area (Å²) in [7, 11) is 10.2. The summed E-state index contributed by atoms with van der Waals surface area (Å²) in [5.41, 5.74) is 0.549. The Kier molecular flexibility index (Phi) is 6.08. The summed E-state index contributed by atoms with van der Waals surface area (Å²) in [5, 5.41) is 0. The zero-order valence-corrected chi connectivity index (χ0v) is 20.2. The molecule has 0 bridgehead atoms. The summed E-state index contributed by atoms with van der Waals surface area (Å²) in [6.45, 7) is 0. The molecule has 0 unspecified atom stereocenters. The number of halogens is 2. The smallest absolute Gasteiger partial charge is 0.169 e. The maximum atomic E-state index is 14.4. The van der Waals surface area contributed by atoms with E-state index in [0.29, 0.717) is 21.4 Å². The van der Waals surface area contributed by atoms with E-state index in [1.807, 2.05) is 0 Å². The third kappa shape index (κ3) is 3.42. The molecule has 0 saturated carbocycles. The molecule has 146 valence electrons. The van der Waals surface area contributed by atoms with E-state index in [1.54, 1.807) is 23.2 Å². The average molecular weight is 529 g/mol. The Morgan fingerprint density at radius 3 is 1.61 bits per heavy atom. The molecule has 0 saturated heterocycles. The lowest BCUT2D eigenvalue weighted by Gasteiger charge is -2.06. The molecule has 16 heteroatoms. The van der Waals surface area contributed by atoms with Crippen molar-refractivity contribution in [1.29, 1.82) is 0 Å². The quantitative estimate of drug-likeness (QED) is 0.160. The van der Waals surface area contributed by atoms with Crippen LogP contribution in [0.25, 0.3) is 21.4 Å². The number of nitrogens with zero attached hydrogens (tertiary/aromatic N) is 6. The van der Waals surface area contributed by atoms with Gasteiger partial charge in [0.05, 0.1) is 22.0 Å². The van der Waals surface area contributed by atoms with Gasteiger partial charge in [-0.05, 0) is 0 Å². The van der Waals surface area contributed by atoms with Gasteiger partial charge in [0, 0.05) is 35.2 Å². The van der Waals surface area contributed by atoms with Crippen molar-refractivity contribution < 1.29 is 8.78 Å². The van der Waals surface area contributed by atoms with Crippen LogP contribution in [0.5, 0.6) is 0 Å². The SMILES string of the molecule is Cn1c2nssc-2c(F)c(=S)/c1=N\SS/N=c1\c(=S)c(F)c2ssnc-2n1C. The first-order valence-electron chi connectivity index (χ1n) is 7.11. The maximum absolute atomic E-state index is 14.4. The van der Waals surface area contributed by atoms with Gasteiger partial charge in [-0.2, -0.15) is 17.5 Å². The summed E-state index contributed by atoms with van der Waals surface area (Å²) in [5.74, 6) is -0.0303. The number of rotatable bonds is 3. The first-order chi connectivity index (χ1) is 13.4. The van der Waals surface area contributed by atoms with Gasteiger partial charge < -0.3 is 9.13 Å². The van der Waals surface area contributed by atoms with Crippen LogP contribution in [0, 0.1) is 20.7 Å². The Bertz CT molecular complexity index is 1260. The summed E-state index contributed by atoms with van der Waals surface area (Å²) in [6, 6.07) is 0. The summed E-state index contributed by atoms with van der Waals surface area (Å²) < 4.78 is 49.1. The van der Waals surface area contributed by atoms with Gasteiger partial charge in [-0.1, -0.05) is 45.1 Å². The summed E-state index contributed by atoms with van der Waals surface area (Å²) in [4.78, 5) is 0.823. The van der Waals surface area contributed by atoms with Gasteiger partial charge in [0.15, 0.2) is 34.3 Å². The molecule has 0 aromatic heterocycles. The second-order valence-corrected chi connectivity index (χ2v) is 11.3. The fourth-order valence-electron chi connectivity index (χ4n) is 2.25. The van der Waals surface area contributed by atoms with Crippen molar-refractivity contribution in [2.45, 2.75) is 0 Å². The third-order valence-electron chi connectivity index (χ3n) is 3.65. The molecule has 4 heterocycles.